The fourth-order valence-electron chi connectivity index (χ4n) is 3.11. The topological polar surface area (TPSA) is 66.5 Å². The van der Waals surface area contributed by atoms with Gasteiger partial charge in [0.15, 0.2) is 0 Å². The van der Waals surface area contributed by atoms with Gasteiger partial charge in [0.25, 0.3) is 0 Å². The van der Waals surface area contributed by atoms with Crippen molar-refractivity contribution in [1.29, 1.82) is 0 Å². The van der Waals surface area contributed by atoms with Crippen LogP contribution in [0.15, 0.2) is 29.2 Å². The van der Waals surface area contributed by atoms with Crippen molar-refractivity contribution in [2.45, 2.75) is 63.7 Å². The molecule has 2 rings (SSSR count). The van der Waals surface area contributed by atoms with Crippen molar-refractivity contribution in [3.63, 3.8) is 0 Å². The highest BCUT2D eigenvalue weighted by Gasteiger charge is 2.24. The molecule has 6 heteroatoms. The molecule has 0 radical (unpaired) electrons. The van der Waals surface area contributed by atoms with Gasteiger partial charge in [-0.1, -0.05) is 38.8 Å². The van der Waals surface area contributed by atoms with Gasteiger partial charge in [-0.25, -0.2) is 8.42 Å². The number of rotatable bonds is 8. The second kappa shape index (κ2) is 10.1. The van der Waals surface area contributed by atoms with Crippen molar-refractivity contribution in [3.8, 4) is 0 Å². The molecule has 0 aromatic heterocycles. The van der Waals surface area contributed by atoms with Crippen LogP contribution in [0.5, 0.6) is 0 Å². The third kappa shape index (κ3) is 6.40. The predicted octanol–water partition coefficient (Wildman–Crippen LogP) is 3.35. The van der Waals surface area contributed by atoms with Crippen LogP contribution in [0.25, 0.3) is 0 Å². The fraction of sp³-hybridized carbons (Fsp3) is 0.650. The molecule has 1 N–H and O–H groups in total. The largest absolute Gasteiger partial charge is 0.356 e. The number of amides is 1. The van der Waals surface area contributed by atoms with E-state index in [1.807, 2.05) is 12.1 Å². The second-order valence-electron chi connectivity index (χ2n) is 7.49. The lowest BCUT2D eigenvalue weighted by Gasteiger charge is -2.20. The summed E-state index contributed by atoms with van der Waals surface area (Å²) >= 11 is 0. The Hall–Kier alpha value is -1.40. The van der Waals surface area contributed by atoms with Gasteiger partial charge in [-0.15, -0.1) is 0 Å². The summed E-state index contributed by atoms with van der Waals surface area (Å²) in [5.41, 5.74) is 0.985. The molecule has 1 aromatic carbocycles. The monoisotopic (exact) mass is 380 g/mol. The lowest BCUT2D eigenvalue weighted by atomic mass is 10.1. The van der Waals surface area contributed by atoms with Crippen molar-refractivity contribution in [2.24, 2.45) is 5.92 Å². The van der Waals surface area contributed by atoms with Gasteiger partial charge in [-0.3, -0.25) is 4.79 Å². The number of hydrogen-bond acceptors (Lipinski definition) is 3. The first-order valence-electron chi connectivity index (χ1n) is 9.75. The molecule has 0 bridgehead atoms. The predicted molar refractivity (Wildman–Crippen MR) is 104 cm³/mol. The number of carbonyl (C=O) groups excluding carboxylic acids is 1. The third-order valence-corrected chi connectivity index (χ3v) is 6.72. The molecular weight excluding hydrogens is 348 g/mol. The van der Waals surface area contributed by atoms with E-state index in [9.17, 15) is 13.2 Å². The van der Waals surface area contributed by atoms with Crippen LogP contribution in [0.1, 0.15) is 57.9 Å². The first kappa shape index (κ1) is 20.9. The minimum absolute atomic E-state index is 0.0481. The molecule has 1 fully saturated rings. The normalized spacial score (nSPS) is 16.4. The number of nitrogens with one attached hydrogen (secondary N) is 1. The summed E-state index contributed by atoms with van der Waals surface area (Å²) in [5.74, 6) is 0.626. The smallest absolute Gasteiger partial charge is 0.243 e. The average Bonchev–Trinajstić information content (AvgIpc) is 2.90. The highest BCUT2D eigenvalue weighted by molar-refractivity contribution is 7.89. The van der Waals surface area contributed by atoms with E-state index in [0.29, 0.717) is 43.3 Å². The summed E-state index contributed by atoms with van der Waals surface area (Å²) < 4.78 is 27.1. The van der Waals surface area contributed by atoms with Crippen LogP contribution in [-0.4, -0.2) is 38.3 Å². The maximum absolute atomic E-state index is 12.8. The van der Waals surface area contributed by atoms with E-state index in [1.165, 1.54) is 0 Å². The molecular formula is C20H32N2O3S. The quantitative estimate of drug-likeness (QED) is 0.752. The molecule has 0 aliphatic carbocycles. The van der Waals surface area contributed by atoms with E-state index in [-0.39, 0.29) is 5.91 Å². The standard InChI is InChI=1S/C20H32N2O3S/c1-17(2)13-14-21-20(23)12-9-18-7-10-19(11-8-18)26(24,25)22-15-5-3-4-6-16-22/h7-8,10-11,17H,3-6,9,12-16H2,1-2H3,(H,21,23). The van der Waals surface area contributed by atoms with Crippen LogP contribution in [0.4, 0.5) is 0 Å². The molecule has 0 spiro atoms. The van der Waals surface area contributed by atoms with Crippen molar-refractivity contribution in [2.75, 3.05) is 19.6 Å². The minimum Gasteiger partial charge on any atom is -0.356 e. The van der Waals surface area contributed by atoms with Gasteiger partial charge in [-0.2, -0.15) is 4.31 Å². The van der Waals surface area contributed by atoms with Gasteiger partial charge < -0.3 is 5.32 Å². The summed E-state index contributed by atoms with van der Waals surface area (Å²) in [7, 11) is -3.40. The summed E-state index contributed by atoms with van der Waals surface area (Å²) in [6.45, 7) is 6.20. The number of nitrogens with zero attached hydrogens (tertiary/aromatic N) is 1. The lowest BCUT2D eigenvalue weighted by Crippen LogP contribution is -2.31. The van der Waals surface area contributed by atoms with E-state index >= 15 is 0 Å². The van der Waals surface area contributed by atoms with Gasteiger partial charge in [0.1, 0.15) is 0 Å². The molecule has 1 aliphatic heterocycles. The molecule has 146 valence electrons. The van der Waals surface area contributed by atoms with Crippen LogP contribution in [0.2, 0.25) is 0 Å². The van der Waals surface area contributed by atoms with Crippen LogP contribution in [-0.2, 0) is 21.2 Å². The Morgan fingerprint density at radius 1 is 1.08 bits per heavy atom. The van der Waals surface area contributed by atoms with Crippen molar-refractivity contribution in [1.82, 2.24) is 9.62 Å². The maximum atomic E-state index is 12.8. The lowest BCUT2D eigenvalue weighted by molar-refractivity contribution is -0.121. The Morgan fingerprint density at radius 3 is 2.27 bits per heavy atom. The zero-order chi connectivity index (χ0) is 19.0. The van der Waals surface area contributed by atoms with Gasteiger partial charge in [0, 0.05) is 26.1 Å². The fourth-order valence-corrected chi connectivity index (χ4v) is 4.62. The van der Waals surface area contributed by atoms with E-state index in [0.717, 1.165) is 37.7 Å². The van der Waals surface area contributed by atoms with Crippen molar-refractivity contribution in [3.05, 3.63) is 29.8 Å². The van der Waals surface area contributed by atoms with E-state index in [1.54, 1.807) is 16.4 Å². The highest BCUT2D eigenvalue weighted by atomic mass is 32.2. The molecule has 0 saturated carbocycles. The van der Waals surface area contributed by atoms with E-state index in [2.05, 4.69) is 19.2 Å². The summed E-state index contributed by atoms with van der Waals surface area (Å²) in [5, 5.41) is 2.93. The van der Waals surface area contributed by atoms with Crippen LogP contribution in [0, 0.1) is 5.92 Å². The molecule has 1 saturated heterocycles. The number of benzene rings is 1. The molecule has 1 heterocycles. The average molecular weight is 381 g/mol. The zero-order valence-electron chi connectivity index (χ0n) is 16.0. The zero-order valence-corrected chi connectivity index (χ0v) is 16.9. The van der Waals surface area contributed by atoms with E-state index < -0.39 is 10.0 Å². The Balaban J connectivity index is 1.88. The Labute approximate surface area is 158 Å². The molecule has 5 nitrogen and oxygen atoms in total. The highest BCUT2D eigenvalue weighted by Crippen LogP contribution is 2.21. The van der Waals surface area contributed by atoms with Crippen LogP contribution >= 0.6 is 0 Å². The Kier molecular flexibility index (Phi) is 8.10. The first-order valence-corrected chi connectivity index (χ1v) is 11.2. The maximum Gasteiger partial charge on any atom is 0.243 e. The summed E-state index contributed by atoms with van der Waals surface area (Å²) in [6.07, 6.45) is 6.10. The SMILES string of the molecule is CC(C)CCNC(=O)CCc1ccc(S(=O)(=O)N2CCCCCC2)cc1. The molecule has 26 heavy (non-hydrogen) atoms. The Bertz CT molecular complexity index is 661. The van der Waals surface area contributed by atoms with Gasteiger partial charge in [0.2, 0.25) is 15.9 Å². The minimum atomic E-state index is -3.40. The van der Waals surface area contributed by atoms with Crippen molar-refractivity contribution < 1.29 is 13.2 Å². The molecule has 1 aliphatic rings. The van der Waals surface area contributed by atoms with Crippen molar-refractivity contribution >= 4 is 15.9 Å². The molecule has 0 unspecified atom stereocenters. The van der Waals surface area contributed by atoms with Gasteiger partial charge in [-0.05, 0) is 49.3 Å². The number of sulfonamides is 1. The number of aryl methyl sites for hydroxylation is 1. The van der Waals surface area contributed by atoms with E-state index in [4.69, 9.17) is 0 Å². The molecule has 0 atom stereocenters. The second-order valence-corrected chi connectivity index (χ2v) is 9.43. The van der Waals surface area contributed by atoms with Gasteiger partial charge >= 0.3 is 0 Å². The molecule has 1 amide bonds. The first-order chi connectivity index (χ1) is 12.4. The van der Waals surface area contributed by atoms with Gasteiger partial charge in [0.05, 0.1) is 4.90 Å². The Morgan fingerprint density at radius 2 is 1.69 bits per heavy atom. The van der Waals surface area contributed by atoms with Crippen LogP contribution in [0.3, 0.4) is 0 Å². The summed E-state index contributed by atoms with van der Waals surface area (Å²) in [6, 6.07) is 7.00. The summed E-state index contributed by atoms with van der Waals surface area (Å²) in [4.78, 5) is 12.2. The number of hydrogen-bond donors (Lipinski definition) is 1. The third-order valence-electron chi connectivity index (χ3n) is 4.81. The van der Waals surface area contributed by atoms with Crippen LogP contribution < -0.4 is 5.32 Å². The number of carbonyl (C=O) groups is 1. The molecule has 1 aromatic rings.